The Hall–Kier alpha value is -2.00. The molecular formula is C13H14FN3O4S. The Morgan fingerprint density at radius 3 is 2.64 bits per heavy atom. The monoisotopic (exact) mass is 327 g/mol. The van der Waals surface area contributed by atoms with Crippen LogP contribution in [-0.4, -0.2) is 30.2 Å². The summed E-state index contributed by atoms with van der Waals surface area (Å²) in [5.41, 5.74) is -1.94. The van der Waals surface area contributed by atoms with Crippen LogP contribution >= 0.6 is 0 Å². The van der Waals surface area contributed by atoms with Gasteiger partial charge in [-0.2, -0.15) is 0 Å². The van der Waals surface area contributed by atoms with Gasteiger partial charge in [0, 0.05) is 7.05 Å². The van der Waals surface area contributed by atoms with Crippen molar-refractivity contribution < 1.29 is 12.8 Å². The molecule has 0 amide bonds. The molecule has 1 aliphatic rings. The molecule has 1 fully saturated rings. The van der Waals surface area contributed by atoms with Gasteiger partial charge in [0.1, 0.15) is 6.67 Å². The first-order valence-corrected chi connectivity index (χ1v) is 8.09. The maximum absolute atomic E-state index is 12.9. The van der Waals surface area contributed by atoms with Gasteiger partial charge in [-0.05, 0) is 31.0 Å². The third-order valence-electron chi connectivity index (χ3n) is 3.87. The van der Waals surface area contributed by atoms with Gasteiger partial charge in [0.05, 0.1) is 21.3 Å². The smallest absolute Gasteiger partial charge is 0.296 e. The molecule has 22 heavy (non-hydrogen) atoms. The van der Waals surface area contributed by atoms with E-state index in [0.29, 0.717) is 18.4 Å². The van der Waals surface area contributed by atoms with Gasteiger partial charge in [0.15, 0.2) is 0 Å². The van der Waals surface area contributed by atoms with Crippen molar-refractivity contribution >= 4 is 20.9 Å². The van der Waals surface area contributed by atoms with Crippen molar-refractivity contribution in [1.29, 1.82) is 0 Å². The number of hydrogen-bond donors (Lipinski definition) is 2. The molecule has 118 valence electrons. The van der Waals surface area contributed by atoms with Crippen molar-refractivity contribution in [2.45, 2.75) is 23.3 Å². The van der Waals surface area contributed by atoms with Gasteiger partial charge < -0.3 is 0 Å². The summed E-state index contributed by atoms with van der Waals surface area (Å²) in [4.78, 5) is 25.3. The normalized spacial score (nSPS) is 16.8. The summed E-state index contributed by atoms with van der Waals surface area (Å²) in [6.07, 6.45) is 0.900. The molecule has 7 nitrogen and oxygen atoms in total. The molecule has 0 radical (unpaired) electrons. The maximum Gasteiger partial charge on any atom is 0.328 e. The largest absolute Gasteiger partial charge is 0.328 e. The van der Waals surface area contributed by atoms with E-state index in [2.05, 4.69) is 9.71 Å². The van der Waals surface area contributed by atoms with Gasteiger partial charge in [-0.1, -0.05) is 0 Å². The van der Waals surface area contributed by atoms with E-state index in [0.717, 1.165) is 0 Å². The van der Waals surface area contributed by atoms with Crippen LogP contribution in [0.4, 0.5) is 4.39 Å². The molecule has 3 rings (SSSR count). The highest BCUT2D eigenvalue weighted by Crippen LogP contribution is 2.37. The average molecular weight is 327 g/mol. The number of sulfonamides is 1. The second kappa shape index (κ2) is 4.75. The molecule has 1 saturated carbocycles. The molecule has 0 saturated heterocycles. The standard InChI is InChI=1S/C13H14FN3O4S/c1-17-10-3-2-8(6-9(10)11(18)15-12(17)19)22(20,21)16-13(7-14)4-5-13/h2-3,6,16H,4-5,7H2,1H3,(H,15,18,19). The number of nitrogens with one attached hydrogen (secondary N) is 2. The first kappa shape index (κ1) is 14.9. The first-order valence-electron chi connectivity index (χ1n) is 6.61. The fraction of sp³-hybridized carbons (Fsp3) is 0.385. The Kier molecular flexibility index (Phi) is 3.22. The molecular weight excluding hydrogens is 313 g/mol. The minimum atomic E-state index is -3.93. The van der Waals surface area contributed by atoms with E-state index in [9.17, 15) is 22.4 Å². The number of halogens is 1. The number of benzene rings is 1. The van der Waals surface area contributed by atoms with E-state index in [4.69, 9.17) is 0 Å². The van der Waals surface area contributed by atoms with E-state index in [-0.39, 0.29) is 10.3 Å². The third kappa shape index (κ3) is 2.35. The zero-order valence-corrected chi connectivity index (χ0v) is 12.5. The van der Waals surface area contributed by atoms with E-state index >= 15 is 0 Å². The lowest BCUT2D eigenvalue weighted by atomic mass is 10.2. The highest BCUT2D eigenvalue weighted by Gasteiger charge is 2.46. The molecule has 0 bridgehead atoms. The summed E-state index contributed by atoms with van der Waals surface area (Å²) in [5.74, 6) is 0. The van der Waals surface area contributed by atoms with Crippen LogP contribution in [0.5, 0.6) is 0 Å². The summed E-state index contributed by atoms with van der Waals surface area (Å²) in [7, 11) is -2.46. The quantitative estimate of drug-likeness (QED) is 0.826. The van der Waals surface area contributed by atoms with Crippen molar-refractivity contribution in [3.63, 3.8) is 0 Å². The zero-order chi connectivity index (χ0) is 16.1. The Morgan fingerprint density at radius 1 is 1.36 bits per heavy atom. The molecule has 0 atom stereocenters. The molecule has 2 N–H and O–H groups in total. The topological polar surface area (TPSA) is 101 Å². The molecule has 2 aromatic rings. The summed E-state index contributed by atoms with van der Waals surface area (Å²) in [6, 6.07) is 3.86. The van der Waals surface area contributed by atoms with Gasteiger partial charge >= 0.3 is 5.69 Å². The van der Waals surface area contributed by atoms with Crippen molar-refractivity contribution in [3.05, 3.63) is 39.0 Å². The lowest BCUT2D eigenvalue weighted by Gasteiger charge is -2.14. The van der Waals surface area contributed by atoms with E-state index in [1.165, 1.54) is 29.8 Å². The van der Waals surface area contributed by atoms with Crippen LogP contribution in [0.15, 0.2) is 32.7 Å². The van der Waals surface area contributed by atoms with Crippen molar-refractivity contribution in [1.82, 2.24) is 14.3 Å². The third-order valence-corrected chi connectivity index (χ3v) is 5.45. The van der Waals surface area contributed by atoms with Crippen molar-refractivity contribution in [3.8, 4) is 0 Å². The molecule has 0 spiro atoms. The molecule has 1 heterocycles. The number of fused-ring (bicyclic) bond motifs is 1. The number of H-pyrrole nitrogens is 1. The van der Waals surface area contributed by atoms with Gasteiger partial charge in [-0.25, -0.2) is 22.3 Å². The van der Waals surface area contributed by atoms with E-state index < -0.39 is 33.5 Å². The van der Waals surface area contributed by atoms with Gasteiger partial charge in [-0.15, -0.1) is 0 Å². The van der Waals surface area contributed by atoms with Gasteiger partial charge in [0.2, 0.25) is 10.0 Å². The first-order chi connectivity index (χ1) is 10.3. The minimum absolute atomic E-state index is 0.0788. The number of hydrogen-bond acceptors (Lipinski definition) is 4. The van der Waals surface area contributed by atoms with E-state index in [1.54, 1.807) is 0 Å². The summed E-state index contributed by atoms with van der Waals surface area (Å²) in [5, 5.41) is 0.0788. The predicted octanol–water partition coefficient (Wildman–Crippen LogP) is 0.00720. The Bertz CT molecular complexity index is 973. The van der Waals surface area contributed by atoms with Crippen LogP contribution in [-0.2, 0) is 17.1 Å². The Balaban J connectivity index is 2.13. The number of aryl methyl sites for hydroxylation is 1. The highest BCUT2D eigenvalue weighted by atomic mass is 32.2. The van der Waals surface area contributed by atoms with Crippen LogP contribution in [0, 0.1) is 0 Å². The summed E-state index contributed by atoms with van der Waals surface area (Å²) < 4.78 is 41.0. The Labute approximate surface area is 124 Å². The summed E-state index contributed by atoms with van der Waals surface area (Å²) in [6.45, 7) is -0.769. The Morgan fingerprint density at radius 2 is 2.05 bits per heavy atom. The molecule has 1 aromatic heterocycles. The fourth-order valence-corrected chi connectivity index (χ4v) is 3.74. The average Bonchev–Trinajstić information content (AvgIpc) is 3.24. The molecule has 0 aliphatic heterocycles. The lowest BCUT2D eigenvalue weighted by Crippen LogP contribution is -2.38. The number of rotatable bonds is 4. The molecule has 0 unspecified atom stereocenters. The number of nitrogens with zero attached hydrogens (tertiary/aromatic N) is 1. The molecule has 9 heteroatoms. The maximum atomic E-state index is 12.9. The minimum Gasteiger partial charge on any atom is -0.296 e. The van der Waals surface area contributed by atoms with E-state index in [1.807, 2.05) is 0 Å². The van der Waals surface area contributed by atoms with Crippen LogP contribution in [0.3, 0.4) is 0 Å². The lowest BCUT2D eigenvalue weighted by molar-refractivity contribution is 0.393. The van der Waals surface area contributed by atoms with Crippen LogP contribution < -0.4 is 16.0 Å². The second-order valence-electron chi connectivity index (χ2n) is 5.52. The number of alkyl halides is 1. The van der Waals surface area contributed by atoms with Crippen LogP contribution in [0.25, 0.3) is 10.9 Å². The second-order valence-corrected chi connectivity index (χ2v) is 7.20. The fourth-order valence-electron chi connectivity index (χ4n) is 2.27. The number of aromatic nitrogens is 2. The van der Waals surface area contributed by atoms with Crippen LogP contribution in [0.1, 0.15) is 12.8 Å². The zero-order valence-electron chi connectivity index (χ0n) is 11.7. The highest BCUT2D eigenvalue weighted by molar-refractivity contribution is 7.89. The summed E-state index contributed by atoms with van der Waals surface area (Å²) >= 11 is 0. The van der Waals surface area contributed by atoms with Crippen LogP contribution in [0.2, 0.25) is 0 Å². The van der Waals surface area contributed by atoms with Crippen molar-refractivity contribution in [2.24, 2.45) is 7.05 Å². The molecule has 1 aliphatic carbocycles. The molecule has 1 aromatic carbocycles. The van der Waals surface area contributed by atoms with Gasteiger partial charge in [0.25, 0.3) is 5.56 Å². The SMILES string of the molecule is Cn1c(=O)[nH]c(=O)c2cc(S(=O)(=O)NC3(CF)CC3)ccc21. The van der Waals surface area contributed by atoms with Crippen molar-refractivity contribution in [2.75, 3.05) is 6.67 Å². The predicted molar refractivity (Wildman–Crippen MR) is 78.1 cm³/mol. The number of aromatic amines is 1. The van der Waals surface area contributed by atoms with Gasteiger partial charge in [-0.3, -0.25) is 14.3 Å².